The summed E-state index contributed by atoms with van der Waals surface area (Å²) in [5.41, 5.74) is 0. The molecule has 0 aliphatic heterocycles. The maximum atomic E-state index is 5.33. The predicted octanol–water partition coefficient (Wildman–Crippen LogP) is 2.72. The van der Waals surface area contributed by atoms with Crippen LogP contribution in [0.1, 0.15) is 51.4 Å². The molecule has 0 saturated heterocycles. The van der Waals surface area contributed by atoms with Gasteiger partial charge in [-0.1, -0.05) is 12.8 Å². The summed E-state index contributed by atoms with van der Waals surface area (Å²) in [6.45, 7) is 0. The molecule has 2 unspecified atom stereocenters. The van der Waals surface area contributed by atoms with Gasteiger partial charge in [0.05, 0.1) is 6.10 Å². The Labute approximate surface area is 99.1 Å². The first kappa shape index (κ1) is 11.0. The summed E-state index contributed by atoms with van der Waals surface area (Å²) >= 11 is 0. The Hall–Kier alpha value is -0.0800. The van der Waals surface area contributed by atoms with Gasteiger partial charge in [-0.2, -0.15) is 0 Å². The zero-order valence-corrected chi connectivity index (χ0v) is 10.5. The Morgan fingerprint density at radius 2 is 1.69 bits per heavy atom. The van der Waals surface area contributed by atoms with Crippen molar-refractivity contribution in [3.05, 3.63) is 0 Å². The lowest BCUT2D eigenvalue weighted by Crippen LogP contribution is -2.50. The molecule has 2 heteroatoms. The van der Waals surface area contributed by atoms with Crippen LogP contribution in [-0.2, 0) is 4.74 Å². The van der Waals surface area contributed by atoms with Gasteiger partial charge in [0.2, 0.25) is 0 Å². The van der Waals surface area contributed by atoms with Crippen molar-refractivity contribution >= 4 is 0 Å². The maximum Gasteiger partial charge on any atom is 0.0601 e. The van der Waals surface area contributed by atoms with Gasteiger partial charge in [0.25, 0.3) is 0 Å². The molecule has 1 N–H and O–H groups in total. The van der Waals surface area contributed by atoms with E-state index in [0.29, 0.717) is 6.10 Å². The van der Waals surface area contributed by atoms with Crippen molar-refractivity contribution in [2.24, 2.45) is 11.8 Å². The van der Waals surface area contributed by atoms with Crippen molar-refractivity contribution < 1.29 is 4.74 Å². The third-order valence-electron chi connectivity index (χ3n) is 4.90. The first-order valence-electron chi connectivity index (χ1n) is 7.14. The highest BCUT2D eigenvalue weighted by Gasteiger charge is 2.36. The summed E-state index contributed by atoms with van der Waals surface area (Å²) in [4.78, 5) is 0. The summed E-state index contributed by atoms with van der Waals surface area (Å²) in [6.07, 6.45) is 11.9. The molecule has 2 nitrogen and oxygen atoms in total. The Morgan fingerprint density at radius 3 is 2.38 bits per heavy atom. The average molecular weight is 223 g/mol. The topological polar surface area (TPSA) is 21.3 Å². The van der Waals surface area contributed by atoms with Gasteiger partial charge in [0.15, 0.2) is 0 Å². The zero-order chi connectivity index (χ0) is 11.0. The first-order valence-corrected chi connectivity index (χ1v) is 7.14. The Kier molecular flexibility index (Phi) is 3.21. The smallest absolute Gasteiger partial charge is 0.0601 e. The van der Waals surface area contributed by atoms with Gasteiger partial charge in [-0.05, 0) is 50.4 Å². The molecule has 0 amide bonds. The summed E-state index contributed by atoms with van der Waals surface area (Å²) in [7, 11) is 1.84. The Morgan fingerprint density at radius 1 is 0.875 bits per heavy atom. The Balaban J connectivity index is 1.41. The minimum Gasteiger partial charge on any atom is -0.381 e. The lowest BCUT2D eigenvalue weighted by Gasteiger charge is -2.40. The third-order valence-corrected chi connectivity index (χ3v) is 4.90. The molecular formula is C14H25NO. The lowest BCUT2D eigenvalue weighted by atomic mass is 9.81. The van der Waals surface area contributed by atoms with Crippen molar-refractivity contribution in [2.45, 2.75) is 69.6 Å². The summed E-state index contributed by atoms with van der Waals surface area (Å²) in [6, 6.07) is 1.58. The molecule has 3 rings (SSSR count). The van der Waals surface area contributed by atoms with E-state index in [4.69, 9.17) is 4.74 Å². The van der Waals surface area contributed by atoms with Crippen LogP contribution in [0.4, 0.5) is 0 Å². The van der Waals surface area contributed by atoms with Crippen LogP contribution in [-0.4, -0.2) is 25.3 Å². The molecule has 3 fully saturated rings. The fourth-order valence-corrected chi connectivity index (χ4v) is 3.60. The second-order valence-electron chi connectivity index (χ2n) is 6.15. The molecule has 2 atom stereocenters. The molecule has 0 heterocycles. The molecule has 0 spiro atoms. The van der Waals surface area contributed by atoms with Gasteiger partial charge in [-0.3, -0.25) is 0 Å². The van der Waals surface area contributed by atoms with Gasteiger partial charge in [-0.25, -0.2) is 0 Å². The molecular weight excluding hydrogens is 198 g/mol. The lowest BCUT2D eigenvalue weighted by molar-refractivity contribution is 0.0116. The number of hydrogen-bond donors (Lipinski definition) is 1. The molecule has 3 aliphatic carbocycles. The van der Waals surface area contributed by atoms with Crippen LogP contribution in [0.2, 0.25) is 0 Å². The van der Waals surface area contributed by atoms with Crippen molar-refractivity contribution in [1.82, 2.24) is 5.32 Å². The number of rotatable bonds is 4. The highest BCUT2D eigenvalue weighted by molar-refractivity contribution is 4.92. The second-order valence-corrected chi connectivity index (χ2v) is 6.15. The summed E-state index contributed by atoms with van der Waals surface area (Å²) in [5, 5.41) is 3.85. The minimum absolute atomic E-state index is 0.542. The minimum atomic E-state index is 0.542. The van der Waals surface area contributed by atoms with Gasteiger partial charge < -0.3 is 10.1 Å². The van der Waals surface area contributed by atoms with E-state index >= 15 is 0 Å². The standard InChI is InChI=1S/C14H25NO/c1-16-14-8-13(9-14)15-12-4-2-3-11(7-12)10-5-6-10/h10-15H,2-9H2,1H3. The maximum absolute atomic E-state index is 5.33. The Bertz CT molecular complexity index is 233. The molecule has 3 aliphatic rings. The normalized spacial score (nSPS) is 44.1. The fourth-order valence-electron chi connectivity index (χ4n) is 3.60. The number of methoxy groups -OCH3 is 1. The van der Waals surface area contributed by atoms with Gasteiger partial charge >= 0.3 is 0 Å². The monoisotopic (exact) mass is 223 g/mol. The largest absolute Gasteiger partial charge is 0.381 e. The van der Waals surface area contributed by atoms with Crippen molar-refractivity contribution in [1.29, 1.82) is 0 Å². The molecule has 0 aromatic heterocycles. The average Bonchev–Trinajstić information content (AvgIpc) is 3.07. The molecule has 16 heavy (non-hydrogen) atoms. The van der Waals surface area contributed by atoms with Crippen molar-refractivity contribution in [2.75, 3.05) is 7.11 Å². The van der Waals surface area contributed by atoms with Gasteiger partial charge in [-0.15, -0.1) is 0 Å². The van der Waals surface area contributed by atoms with Crippen LogP contribution in [0.15, 0.2) is 0 Å². The van der Waals surface area contributed by atoms with E-state index < -0.39 is 0 Å². The summed E-state index contributed by atoms with van der Waals surface area (Å²) < 4.78 is 5.33. The molecule has 0 aromatic rings. The molecule has 0 aromatic carbocycles. The van der Waals surface area contributed by atoms with Crippen LogP contribution >= 0.6 is 0 Å². The number of hydrogen-bond acceptors (Lipinski definition) is 2. The fraction of sp³-hybridized carbons (Fsp3) is 1.00. The van der Waals surface area contributed by atoms with E-state index in [1.165, 1.54) is 51.4 Å². The van der Waals surface area contributed by atoms with Gasteiger partial charge in [0.1, 0.15) is 0 Å². The van der Waals surface area contributed by atoms with E-state index in [2.05, 4.69) is 5.32 Å². The SMILES string of the molecule is COC1CC(NC2CCCC(C3CC3)C2)C1. The van der Waals surface area contributed by atoms with Crippen LogP contribution < -0.4 is 5.32 Å². The van der Waals surface area contributed by atoms with Crippen LogP contribution in [0.25, 0.3) is 0 Å². The van der Waals surface area contributed by atoms with Crippen LogP contribution in [0.5, 0.6) is 0 Å². The first-order chi connectivity index (χ1) is 7.85. The molecule has 0 radical (unpaired) electrons. The van der Waals surface area contributed by atoms with Crippen LogP contribution in [0.3, 0.4) is 0 Å². The zero-order valence-electron chi connectivity index (χ0n) is 10.5. The highest BCUT2D eigenvalue weighted by Crippen LogP contribution is 2.44. The highest BCUT2D eigenvalue weighted by atomic mass is 16.5. The number of ether oxygens (including phenoxy) is 1. The molecule has 0 bridgehead atoms. The second kappa shape index (κ2) is 4.66. The van der Waals surface area contributed by atoms with Crippen LogP contribution in [0, 0.1) is 11.8 Å². The van der Waals surface area contributed by atoms with Crippen molar-refractivity contribution in [3.63, 3.8) is 0 Å². The quantitative estimate of drug-likeness (QED) is 0.791. The predicted molar refractivity (Wildman–Crippen MR) is 65.4 cm³/mol. The van der Waals surface area contributed by atoms with E-state index in [0.717, 1.165) is 23.9 Å². The van der Waals surface area contributed by atoms with Crippen molar-refractivity contribution in [3.8, 4) is 0 Å². The van der Waals surface area contributed by atoms with E-state index in [-0.39, 0.29) is 0 Å². The molecule has 3 saturated carbocycles. The van der Waals surface area contributed by atoms with Gasteiger partial charge in [0, 0.05) is 19.2 Å². The summed E-state index contributed by atoms with van der Waals surface area (Å²) in [5.74, 6) is 2.17. The number of nitrogens with one attached hydrogen (secondary N) is 1. The van der Waals surface area contributed by atoms with E-state index in [1.54, 1.807) is 0 Å². The third kappa shape index (κ3) is 2.43. The molecule has 92 valence electrons. The van der Waals surface area contributed by atoms with E-state index in [9.17, 15) is 0 Å². The van der Waals surface area contributed by atoms with E-state index in [1.807, 2.05) is 7.11 Å².